The third-order valence-electron chi connectivity index (χ3n) is 6.99. The minimum Gasteiger partial charge on any atom is -0.353 e. The van der Waals surface area contributed by atoms with Gasteiger partial charge in [0.05, 0.1) is 5.69 Å². The van der Waals surface area contributed by atoms with E-state index >= 15 is 0 Å². The monoisotopic (exact) mass is 485 g/mol. The van der Waals surface area contributed by atoms with Crippen LogP contribution in [0.25, 0.3) is 5.69 Å². The first kappa shape index (κ1) is 23.8. The van der Waals surface area contributed by atoms with Crippen molar-refractivity contribution in [2.75, 3.05) is 36.0 Å². The first-order valence-corrected chi connectivity index (χ1v) is 12.6. The number of hydrogen-bond acceptors (Lipinski definition) is 5. The maximum Gasteiger partial charge on any atom is 0.271 e. The zero-order valence-corrected chi connectivity index (χ0v) is 20.5. The van der Waals surface area contributed by atoms with E-state index in [2.05, 4.69) is 23.0 Å². The number of rotatable bonds is 5. The first-order chi connectivity index (χ1) is 17.5. The second-order valence-corrected chi connectivity index (χ2v) is 9.44. The number of anilines is 2. The van der Waals surface area contributed by atoms with E-state index in [0.29, 0.717) is 25.5 Å². The lowest BCUT2D eigenvalue weighted by molar-refractivity contribution is -0.133. The van der Waals surface area contributed by atoms with E-state index < -0.39 is 0 Å². The Labute approximate surface area is 210 Å². The second-order valence-electron chi connectivity index (χ2n) is 9.44. The second kappa shape index (κ2) is 10.4. The number of carbonyl (C=O) groups is 2. The fourth-order valence-electron chi connectivity index (χ4n) is 5.16. The molecule has 2 aromatic carbocycles. The van der Waals surface area contributed by atoms with Crippen LogP contribution in [-0.2, 0) is 16.0 Å². The summed E-state index contributed by atoms with van der Waals surface area (Å²) in [5.41, 5.74) is 2.69. The standard InChI is InChI=1S/C28H31N5O3/c1-21-20-22-8-5-6-11-24(22)32(21)27(35)15-14-26(34)31-17-7-16-30(18-19-31)25-12-13-28(36)33(29-25)23-9-3-2-4-10-23/h2-6,8-13,21H,7,14-20H2,1H3. The average molecular weight is 486 g/mol. The van der Waals surface area contributed by atoms with Crippen molar-refractivity contribution < 1.29 is 9.59 Å². The van der Waals surface area contributed by atoms with E-state index in [-0.39, 0.29) is 36.3 Å². The molecule has 0 aliphatic carbocycles. The van der Waals surface area contributed by atoms with Crippen molar-refractivity contribution in [1.82, 2.24) is 14.7 Å². The number of hydrogen-bond donors (Lipinski definition) is 0. The SMILES string of the molecule is CC1Cc2ccccc2N1C(=O)CCC(=O)N1CCCN(c2ccc(=O)n(-c3ccccc3)n2)CC1. The van der Waals surface area contributed by atoms with Crippen molar-refractivity contribution in [3.63, 3.8) is 0 Å². The molecule has 1 atom stereocenters. The molecule has 1 unspecified atom stereocenters. The molecule has 186 valence electrons. The normalized spacial score (nSPS) is 17.6. The Kier molecular flexibility index (Phi) is 6.84. The highest BCUT2D eigenvalue weighted by atomic mass is 16.2. The van der Waals surface area contributed by atoms with Crippen LogP contribution < -0.4 is 15.4 Å². The molecule has 3 heterocycles. The van der Waals surface area contributed by atoms with Crippen molar-refractivity contribution in [1.29, 1.82) is 0 Å². The van der Waals surface area contributed by atoms with Crippen molar-refractivity contribution in [2.24, 2.45) is 0 Å². The van der Waals surface area contributed by atoms with Gasteiger partial charge in [-0.3, -0.25) is 14.4 Å². The van der Waals surface area contributed by atoms with Crippen LogP contribution in [-0.4, -0.2) is 58.7 Å². The topological polar surface area (TPSA) is 78.8 Å². The molecule has 5 rings (SSSR count). The van der Waals surface area contributed by atoms with E-state index in [0.717, 1.165) is 30.8 Å². The average Bonchev–Trinajstić information content (AvgIpc) is 3.06. The van der Waals surface area contributed by atoms with Gasteiger partial charge < -0.3 is 14.7 Å². The molecule has 2 amide bonds. The predicted molar refractivity (Wildman–Crippen MR) is 140 cm³/mol. The van der Waals surface area contributed by atoms with Crippen LogP contribution >= 0.6 is 0 Å². The number of carbonyl (C=O) groups excluding carboxylic acids is 2. The third-order valence-corrected chi connectivity index (χ3v) is 6.99. The fraction of sp³-hybridized carbons (Fsp3) is 0.357. The Morgan fingerprint density at radius 3 is 2.44 bits per heavy atom. The molecule has 0 spiro atoms. The Hall–Kier alpha value is -3.94. The predicted octanol–water partition coefficient (Wildman–Crippen LogP) is 3.03. The smallest absolute Gasteiger partial charge is 0.271 e. The molecular formula is C28H31N5O3. The Morgan fingerprint density at radius 2 is 1.61 bits per heavy atom. The van der Waals surface area contributed by atoms with Gasteiger partial charge in [0.1, 0.15) is 5.82 Å². The van der Waals surface area contributed by atoms with Gasteiger partial charge in [-0.2, -0.15) is 4.68 Å². The summed E-state index contributed by atoms with van der Waals surface area (Å²) in [4.78, 5) is 44.2. The molecule has 1 saturated heterocycles. The Bertz CT molecular complexity index is 1310. The van der Waals surface area contributed by atoms with E-state index in [1.165, 1.54) is 16.3 Å². The van der Waals surface area contributed by atoms with Gasteiger partial charge in [0.25, 0.3) is 5.56 Å². The van der Waals surface area contributed by atoms with Crippen molar-refractivity contribution in [3.05, 3.63) is 82.6 Å². The lowest BCUT2D eigenvalue weighted by atomic mass is 10.1. The molecule has 3 aromatic rings. The summed E-state index contributed by atoms with van der Waals surface area (Å²) >= 11 is 0. The van der Waals surface area contributed by atoms with Gasteiger partial charge >= 0.3 is 0 Å². The fourth-order valence-corrected chi connectivity index (χ4v) is 5.16. The van der Waals surface area contributed by atoms with E-state index in [9.17, 15) is 14.4 Å². The lowest BCUT2D eigenvalue weighted by Crippen LogP contribution is -2.38. The molecule has 2 aliphatic rings. The highest BCUT2D eigenvalue weighted by Gasteiger charge is 2.31. The quantitative estimate of drug-likeness (QED) is 0.555. The number of benzene rings is 2. The summed E-state index contributed by atoms with van der Waals surface area (Å²) in [6, 6.07) is 20.7. The number of amides is 2. The number of aromatic nitrogens is 2. The van der Waals surface area contributed by atoms with Gasteiger partial charge in [0, 0.05) is 56.8 Å². The summed E-state index contributed by atoms with van der Waals surface area (Å²) in [5.74, 6) is 0.724. The van der Waals surface area contributed by atoms with Crippen LogP contribution in [0.1, 0.15) is 31.7 Å². The van der Waals surface area contributed by atoms with Gasteiger partial charge in [-0.15, -0.1) is 5.10 Å². The van der Waals surface area contributed by atoms with Crippen molar-refractivity contribution >= 4 is 23.3 Å². The van der Waals surface area contributed by atoms with Crippen LogP contribution in [0.15, 0.2) is 71.5 Å². The summed E-state index contributed by atoms with van der Waals surface area (Å²) < 4.78 is 1.41. The van der Waals surface area contributed by atoms with Crippen LogP contribution in [0.2, 0.25) is 0 Å². The maximum atomic E-state index is 13.0. The minimum absolute atomic E-state index is 0.00428. The van der Waals surface area contributed by atoms with E-state index in [1.807, 2.05) is 58.3 Å². The maximum absolute atomic E-state index is 13.0. The first-order valence-electron chi connectivity index (χ1n) is 12.6. The minimum atomic E-state index is -0.184. The van der Waals surface area contributed by atoms with Crippen LogP contribution in [0.3, 0.4) is 0 Å². The number of fused-ring (bicyclic) bond motifs is 1. The molecule has 1 fully saturated rings. The largest absolute Gasteiger partial charge is 0.353 e. The molecule has 0 radical (unpaired) electrons. The van der Waals surface area contributed by atoms with Crippen molar-refractivity contribution in [3.8, 4) is 5.69 Å². The molecule has 0 N–H and O–H groups in total. The van der Waals surface area contributed by atoms with Crippen LogP contribution in [0, 0.1) is 0 Å². The van der Waals surface area contributed by atoms with E-state index in [4.69, 9.17) is 0 Å². The molecule has 2 aliphatic heterocycles. The summed E-state index contributed by atoms with van der Waals surface area (Å²) in [5, 5.41) is 4.58. The number of nitrogens with zero attached hydrogens (tertiary/aromatic N) is 5. The lowest BCUT2D eigenvalue weighted by Gasteiger charge is -2.25. The summed E-state index contributed by atoms with van der Waals surface area (Å²) in [6.07, 6.45) is 2.06. The number of para-hydroxylation sites is 2. The van der Waals surface area contributed by atoms with Crippen LogP contribution in [0.4, 0.5) is 11.5 Å². The molecule has 8 heteroatoms. The van der Waals surface area contributed by atoms with Crippen LogP contribution in [0.5, 0.6) is 0 Å². The molecule has 0 saturated carbocycles. The van der Waals surface area contributed by atoms with Gasteiger partial charge in [-0.1, -0.05) is 36.4 Å². The Morgan fingerprint density at radius 1 is 0.861 bits per heavy atom. The molecule has 36 heavy (non-hydrogen) atoms. The molecule has 1 aromatic heterocycles. The third kappa shape index (κ3) is 4.89. The van der Waals surface area contributed by atoms with Gasteiger partial charge in [0.15, 0.2) is 0 Å². The zero-order chi connectivity index (χ0) is 25.1. The van der Waals surface area contributed by atoms with Gasteiger partial charge in [0.2, 0.25) is 11.8 Å². The van der Waals surface area contributed by atoms with Gasteiger partial charge in [-0.05, 0) is 49.6 Å². The molecular weight excluding hydrogens is 454 g/mol. The highest BCUT2D eigenvalue weighted by Crippen LogP contribution is 2.32. The molecule has 8 nitrogen and oxygen atoms in total. The molecule has 0 bridgehead atoms. The van der Waals surface area contributed by atoms with Crippen molar-refractivity contribution in [2.45, 2.75) is 38.6 Å². The zero-order valence-electron chi connectivity index (χ0n) is 20.5. The van der Waals surface area contributed by atoms with E-state index in [1.54, 1.807) is 6.07 Å². The highest BCUT2D eigenvalue weighted by molar-refractivity contribution is 5.97. The Balaban J connectivity index is 1.19. The summed E-state index contributed by atoms with van der Waals surface area (Å²) in [7, 11) is 0. The summed E-state index contributed by atoms with van der Waals surface area (Å²) in [6.45, 7) is 4.62. The van der Waals surface area contributed by atoms with Gasteiger partial charge in [-0.25, -0.2) is 0 Å².